The van der Waals surface area contributed by atoms with Crippen LogP contribution < -0.4 is 20.9 Å². The maximum atomic E-state index is 11.6. The molecule has 0 amide bonds. The standard InChI is InChI=1S/C17H17N9O2/c1-28-17-21-15(18-9-4-5-10-12(6-9)24-26-14(10)27)20-16(22-17)19-13-7-11(23-25-13)8-2-3-8/h4-8H,2-3H2,1H3,(H2,24,26,27)(H3,18,19,20,21,22,23,25). The lowest BCUT2D eigenvalue weighted by Gasteiger charge is -2.08. The van der Waals surface area contributed by atoms with Gasteiger partial charge in [-0.25, -0.2) is 0 Å². The predicted octanol–water partition coefficient (Wildman–Crippen LogP) is 2.14. The molecule has 5 N–H and O–H groups in total. The molecule has 0 atom stereocenters. The second-order valence-electron chi connectivity index (χ2n) is 6.54. The number of nitrogens with one attached hydrogen (secondary N) is 5. The van der Waals surface area contributed by atoms with Gasteiger partial charge in [-0.3, -0.25) is 20.1 Å². The largest absolute Gasteiger partial charge is 0.467 e. The van der Waals surface area contributed by atoms with E-state index in [0.717, 1.165) is 5.69 Å². The van der Waals surface area contributed by atoms with Crippen molar-refractivity contribution in [3.05, 3.63) is 40.3 Å². The maximum absolute atomic E-state index is 11.6. The van der Waals surface area contributed by atoms with Crippen molar-refractivity contribution in [2.75, 3.05) is 17.7 Å². The molecule has 0 unspecified atom stereocenters. The summed E-state index contributed by atoms with van der Waals surface area (Å²) in [5.41, 5.74) is 2.26. The minimum absolute atomic E-state index is 0.165. The molecule has 1 aliphatic carbocycles. The molecule has 0 bridgehead atoms. The van der Waals surface area contributed by atoms with E-state index in [1.807, 2.05) is 6.07 Å². The van der Waals surface area contributed by atoms with E-state index >= 15 is 0 Å². The summed E-state index contributed by atoms with van der Waals surface area (Å²) in [5.74, 6) is 1.86. The van der Waals surface area contributed by atoms with Gasteiger partial charge < -0.3 is 15.4 Å². The third kappa shape index (κ3) is 3.13. The number of aromatic nitrogens is 7. The molecule has 0 spiro atoms. The third-order valence-electron chi connectivity index (χ3n) is 4.47. The van der Waals surface area contributed by atoms with Gasteiger partial charge in [0.25, 0.3) is 5.56 Å². The van der Waals surface area contributed by atoms with Crippen LogP contribution in [-0.4, -0.2) is 42.5 Å². The number of hydrogen-bond acceptors (Lipinski definition) is 8. The number of fused-ring (bicyclic) bond motifs is 1. The molecular weight excluding hydrogens is 362 g/mol. The number of aromatic amines is 3. The normalized spacial score (nSPS) is 13.6. The van der Waals surface area contributed by atoms with Gasteiger partial charge in [0.2, 0.25) is 11.9 Å². The molecule has 1 aromatic carbocycles. The molecule has 11 nitrogen and oxygen atoms in total. The Balaban J connectivity index is 1.41. The molecule has 0 saturated heterocycles. The number of anilines is 4. The van der Waals surface area contributed by atoms with E-state index in [4.69, 9.17) is 4.74 Å². The van der Waals surface area contributed by atoms with Crippen LogP contribution in [0.3, 0.4) is 0 Å². The number of ether oxygens (including phenoxy) is 1. The zero-order valence-electron chi connectivity index (χ0n) is 14.9. The van der Waals surface area contributed by atoms with Gasteiger partial charge in [0, 0.05) is 17.7 Å². The molecule has 1 fully saturated rings. The zero-order valence-corrected chi connectivity index (χ0v) is 14.9. The van der Waals surface area contributed by atoms with Gasteiger partial charge in [-0.05, 0) is 31.0 Å². The lowest BCUT2D eigenvalue weighted by molar-refractivity contribution is 0.380. The van der Waals surface area contributed by atoms with Crippen molar-refractivity contribution in [2.45, 2.75) is 18.8 Å². The minimum Gasteiger partial charge on any atom is -0.467 e. The van der Waals surface area contributed by atoms with Gasteiger partial charge in [-0.1, -0.05) is 0 Å². The number of benzene rings is 1. The van der Waals surface area contributed by atoms with Crippen LogP contribution in [0.2, 0.25) is 0 Å². The summed E-state index contributed by atoms with van der Waals surface area (Å²) < 4.78 is 5.18. The summed E-state index contributed by atoms with van der Waals surface area (Å²) in [6.45, 7) is 0. The van der Waals surface area contributed by atoms with Gasteiger partial charge in [0.15, 0.2) is 0 Å². The number of nitrogens with zero attached hydrogens (tertiary/aromatic N) is 4. The van der Waals surface area contributed by atoms with Gasteiger partial charge in [0.05, 0.1) is 23.7 Å². The Kier molecular flexibility index (Phi) is 3.71. The lowest BCUT2D eigenvalue weighted by atomic mass is 10.2. The Bertz CT molecular complexity index is 1200. The molecule has 3 heterocycles. The first-order valence-electron chi connectivity index (χ1n) is 8.78. The second-order valence-corrected chi connectivity index (χ2v) is 6.54. The highest BCUT2D eigenvalue weighted by atomic mass is 16.5. The quantitative estimate of drug-likeness (QED) is 0.342. The van der Waals surface area contributed by atoms with E-state index in [1.165, 1.54) is 20.0 Å². The van der Waals surface area contributed by atoms with Gasteiger partial charge in [-0.2, -0.15) is 20.1 Å². The molecule has 142 valence electrons. The van der Waals surface area contributed by atoms with E-state index in [2.05, 4.69) is 46.0 Å². The second kappa shape index (κ2) is 6.37. The molecular formula is C17H17N9O2. The fraction of sp³-hybridized carbons (Fsp3) is 0.235. The maximum Gasteiger partial charge on any atom is 0.322 e. The molecule has 4 aromatic rings. The molecule has 3 aromatic heterocycles. The van der Waals surface area contributed by atoms with Crippen LogP contribution in [-0.2, 0) is 0 Å². The molecule has 0 aliphatic heterocycles. The van der Waals surface area contributed by atoms with E-state index in [1.54, 1.807) is 18.2 Å². The Morgan fingerprint density at radius 1 is 1.07 bits per heavy atom. The van der Waals surface area contributed by atoms with E-state index in [-0.39, 0.29) is 11.6 Å². The molecule has 5 rings (SSSR count). The van der Waals surface area contributed by atoms with Crippen molar-refractivity contribution in [3.8, 4) is 6.01 Å². The zero-order chi connectivity index (χ0) is 19.1. The van der Waals surface area contributed by atoms with Crippen LogP contribution in [0.5, 0.6) is 6.01 Å². The summed E-state index contributed by atoms with van der Waals surface area (Å²) >= 11 is 0. The fourth-order valence-electron chi connectivity index (χ4n) is 2.91. The topological polar surface area (TPSA) is 149 Å². The molecule has 0 radical (unpaired) electrons. The summed E-state index contributed by atoms with van der Waals surface area (Å²) in [7, 11) is 1.49. The molecule has 1 saturated carbocycles. The molecule has 28 heavy (non-hydrogen) atoms. The highest BCUT2D eigenvalue weighted by Gasteiger charge is 2.26. The molecule has 11 heteroatoms. The first kappa shape index (κ1) is 16.3. The summed E-state index contributed by atoms with van der Waals surface area (Å²) in [4.78, 5) is 24.4. The first-order valence-corrected chi connectivity index (χ1v) is 8.78. The fourth-order valence-corrected chi connectivity index (χ4v) is 2.91. The van der Waals surface area contributed by atoms with E-state index in [9.17, 15) is 4.79 Å². The smallest absolute Gasteiger partial charge is 0.322 e. The highest BCUT2D eigenvalue weighted by Crippen LogP contribution is 2.39. The van der Waals surface area contributed by atoms with E-state index in [0.29, 0.717) is 40.2 Å². The van der Waals surface area contributed by atoms with Crippen molar-refractivity contribution >= 4 is 34.3 Å². The highest BCUT2D eigenvalue weighted by molar-refractivity contribution is 5.82. The average Bonchev–Trinajstić information content (AvgIpc) is 3.34. The van der Waals surface area contributed by atoms with Crippen LogP contribution in [0.4, 0.5) is 23.4 Å². The number of H-pyrrole nitrogens is 3. The minimum atomic E-state index is -0.167. The van der Waals surface area contributed by atoms with Gasteiger partial charge in [0.1, 0.15) is 5.82 Å². The molecule has 1 aliphatic rings. The lowest BCUT2D eigenvalue weighted by Crippen LogP contribution is -2.06. The van der Waals surface area contributed by atoms with Crippen molar-refractivity contribution < 1.29 is 4.74 Å². The van der Waals surface area contributed by atoms with Gasteiger partial charge >= 0.3 is 6.01 Å². The number of methoxy groups -OCH3 is 1. The summed E-state index contributed by atoms with van der Waals surface area (Å²) in [6, 6.07) is 7.39. The predicted molar refractivity (Wildman–Crippen MR) is 102 cm³/mol. The summed E-state index contributed by atoms with van der Waals surface area (Å²) in [6.07, 6.45) is 2.35. The van der Waals surface area contributed by atoms with Crippen molar-refractivity contribution in [1.29, 1.82) is 0 Å². The Labute approximate surface area is 158 Å². The Morgan fingerprint density at radius 2 is 1.89 bits per heavy atom. The van der Waals surface area contributed by atoms with Crippen molar-refractivity contribution in [2.24, 2.45) is 0 Å². The van der Waals surface area contributed by atoms with Gasteiger partial charge in [-0.15, -0.1) is 0 Å². The van der Waals surface area contributed by atoms with Crippen LogP contribution in [0, 0.1) is 0 Å². The Hall–Kier alpha value is -3.89. The number of hydrogen-bond donors (Lipinski definition) is 5. The number of rotatable bonds is 6. The van der Waals surface area contributed by atoms with Crippen LogP contribution in [0.15, 0.2) is 29.1 Å². The van der Waals surface area contributed by atoms with Crippen molar-refractivity contribution in [1.82, 2.24) is 35.3 Å². The monoisotopic (exact) mass is 379 g/mol. The van der Waals surface area contributed by atoms with Crippen molar-refractivity contribution in [3.63, 3.8) is 0 Å². The first-order chi connectivity index (χ1) is 13.7. The average molecular weight is 379 g/mol. The SMILES string of the molecule is COc1nc(Nc2ccc3c(=O)[nH][nH]c3c2)nc(Nc2cc(C3CC3)n[nH]2)n1. The van der Waals surface area contributed by atoms with Crippen LogP contribution >= 0.6 is 0 Å². The third-order valence-corrected chi connectivity index (χ3v) is 4.47. The van der Waals surface area contributed by atoms with E-state index < -0.39 is 0 Å². The van der Waals surface area contributed by atoms with Crippen LogP contribution in [0.1, 0.15) is 24.5 Å². The summed E-state index contributed by atoms with van der Waals surface area (Å²) in [5, 5.41) is 19.4. The van der Waals surface area contributed by atoms with Crippen LogP contribution in [0.25, 0.3) is 10.9 Å². The Morgan fingerprint density at radius 3 is 2.68 bits per heavy atom.